The molecule has 2 aromatic rings. The third kappa shape index (κ3) is 5.03. The predicted molar refractivity (Wildman–Crippen MR) is 88.7 cm³/mol. The molecule has 21 heavy (non-hydrogen) atoms. The smallest absolute Gasteiger partial charge is 0.123 e. The van der Waals surface area contributed by atoms with E-state index in [4.69, 9.17) is 0 Å². The zero-order chi connectivity index (χ0) is 14.9. The molecule has 2 rings (SSSR count). The molecule has 0 fully saturated rings. The van der Waals surface area contributed by atoms with Crippen molar-refractivity contribution in [2.45, 2.75) is 25.7 Å². The van der Waals surface area contributed by atoms with Crippen molar-refractivity contribution < 1.29 is 4.39 Å². The second-order valence-corrected chi connectivity index (χ2v) is 5.10. The van der Waals surface area contributed by atoms with Crippen LogP contribution in [0.3, 0.4) is 0 Å². The number of halogens is 1. The summed E-state index contributed by atoms with van der Waals surface area (Å²) in [4.78, 5) is 0. The molecular formula is C20H21F. The van der Waals surface area contributed by atoms with Crippen LogP contribution >= 0.6 is 0 Å². The van der Waals surface area contributed by atoms with E-state index in [2.05, 4.69) is 43.0 Å². The largest absolute Gasteiger partial charge is 0.207 e. The molecule has 0 saturated carbocycles. The van der Waals surface area contributed by atoms with Crippen molar-refractivity contribution in [3.05, 3.63) is 84.7 Å². The van der Waals surface area contributed by atoms with E-state index < -0.39 is 0 Å². The first kappa shape index (κ1) is 15.2. The van der Waals surface area contributed by atoms with Gasteiger partial charge in [-0.3, -0.25) is 0 Å². The van der Waals surface area contributed by atoms with Crippen LogP contribution < -0.4 is 0 Å². The first-order valence-corrected chi connectivity index (χ1v) is 7.40. The minimum atomic E-state index is -0.197. The van der Waals surface area contributed by atoms with Gasteiger partial charge in [-0.2, -0.15) is 0 Å². The molecule has 0 amide bonds. The minimum Gasteiger partial charge on any atom is -0.207 e. The van der Waals surface area contributed by atoms with Crippen LogP contribution in [-0.2, 0) is 6.42 Å². The summed E-state index contributed by atoms with van der Waals surface area (Å²) in [5, 5.41) is 0. The van der Waals surface area contributed by atoms with E-state index in [1.165, 1.54) is 24.1 Å². The summed E-state index contributed by atoms with van der Waals surface area (Å²) in [6.07, 6.45) is 10.7. The van der Waals surface area contributed by atoms with Crippen molar-refractivity contribution in [2.24, 2.45) is 0 Å². The molecular weight excluding hydrogens is 259 g/mol. The van der Waals surface area contributed by atoms with Gasteiger partial charge in [0, 0.05) is 0 Å². The zero-order valence-electron chi connectivity index (χ0n) is 12.3. The molecule has 0 atom stereocenters. The Morgan fingerprint density at radius 2 is 1.43 bits per heavy atom. The van der Waals surface area contributed by atoms with E-state index in [0.717, 1.165) is 30.4 Å². The SMILES string of the molecule is C=CCCC/C=C\Cc1ccc(-c2ccc(F)cc2)cc1. The van der Waals surface area contributed by atoms with Gasteiger partial charge < -0.3 is 0 Å². The summed E-state index contributed by atoms with van der Waals surface area (Å²) in [5.41, 5.74) is 3.46. The van der Waals surface area contributed by atoms with Crippen molar-refractivity contribution in [1.82, 2.24) is 0 Å². The summed E-state index contributed by atoms with van der Waals surface area (Å²) in [6.45, 7) is 3.72. The third-order valence-electron chi connectivity index (χ3n) is 3.43. The van der Waals surface area contributed by atoms with E-state index in [9.17, 15) is 4.39 Å². The molecule has 0 spiro atoms. The fourth-order valence-electron chi connectivity index (χ4n) is 2.19. The van der Waals surface area contributed by atoms with Crippen molar-refractivity contribution in [2.75, 3.05) is 0 Å². The molecule has 0 saturated heterocycles. The van der Waals surface area contributed by atoms with Crippen LogP contribution in [0, 0.1) is 5.82 Å². The summed E-state index contributed by atoms with van der Waals surface area (Å²) in [6, 6.07) is 15.1. The van der Waals surface area contributed by atoms with Gasteiger partial charge in [0.25, 0.3) is 0 Å². The van der Waals surface area contributed by atoms with Crippen molar-refractivity contribution in [3.8, 4) is 11.1 Å². The monoisotopic (exact) mass is 280 g/mol. The second kappa shape index (κ2) is 8.21. The Balaban J connectivity index is 1.90. The van der Waals surface area contributed by atoms with Crippen molar-refractivity contribution in [1.29, 1.82) is 0 Å². The number of benzene rings is 2. The zero-order valence-corrected chi connectivity index (χ0v) is 12.3. The lowest BCUT2D eigenvalue weighted by molar-refractivity contribution is 0.628. The summed E-state index contributed by atoms with van der Waals surface area (Å²) in [5.74, 6) is -0.197. The van der Waals surface area contributed by atoms with E-state index in [0.29, 0.717) is 0 Å². The highest BCUT2D eigenvalue weighted by Gasteiger charge is 1.98. The van der Waals surface area contributed by atoms with Crippen molar-refractivity contribution in [3.63, 3.8) is 0 Å². The highest BCUT2D eigenvalue weighted by Crippen LogP contribution is 2.20. The second-order valence-electron chi connectivity index (χ2n) is 5.10. The third-order valence-corrected chi connectivity index (χ3v) is 3.43. The van der Waals surface area contributed by atoms with Crippen LogP contribution in [0.2, 0.25) is 0 Å². The van der Waals surface area contributed by atoms with Gasteiger partial charge in [0.15, 0.2) is 0 Å². The molecule has 0 N–H and O–H groups in total. The van der Waals surface area contributed by atoms with Gasteiger partial charge in [-0.15, -0.1) is 6.58 Å². The van der Waals surface area contributed by atoms with Gasteiger partial charge in [-0.1, -0.05) is 54.6 Å². The Morgan fingerprint density at radius 3 is 2.05 bits per heavy atom. The molecule has 0 radical (unpaired) electrons. The van der Waals surface area contributed by atoms with E-state index >= 15 is 0 Å². The standard InChI is InChI=1S/C20H21F/c1-2-3-4-5-6-7-8-17-9-11-18(12-10-17)19-13-15-20(21)16-14-19/h2,6-7,9-16H,1,3-5,8H2/b7-6-. The fourth-order valence-corrected chi connectivity index (χ4v) is 2.19. The van der Waals surface area contributed by atoms with Crippen LogP contribution in [0.4, 0.5) is 4.39 Å². The first-order valence-electron chi connectivity index (χ1n) is 7.40. The molecule has 1 heteroatoms. The van der Waals surface area contributed by atoms with Gasteiger partial charge in [0.05, 0.1) is 0 Å². The van der Waals surface area contributed by atoms with E-state index in [1.807, 2.05) is 18.2 Å². The molecule has 108 valence electrons. The number of allylic oxidation sites excluding steroid dienone is 3. The molecule has 0 aliphatic heterocycles. The number of hydrogen-bond donors (Lipinski definition) is 0. The van der Waals surface area contributed by atoms with Crippen molar-refractivity contribution >= 4 is 0 Å². The maximum absolute atomic E-state index is 12.9. The Labute approximate surface area is 126 Å². The number of unbranched alkanes of at least 4 members (excludes halogenated alkanes) is 2. The molecule has 0 heterocycles. The number of hydrogen-bond acceptors (Lipinski definition) is 0. The Kier molecular flexibility index (Phi) is 5.96. The van der Waals surface area contributed by atoms with Gasteiger partial charge in [0.1, 0.15) is 5.82 Å². The molecule has 0 unspecified atom stereocenters. The maximum Gasteiger partial charge on any atom is 0.123 e. The Morgan fingerprint density at radius 1 is 0.810 bits per heavy atom. The molecule has 0 nitrogen and oxygen atoms in total. The van der Waals surface area contributed by atoms with Gasteiger partial charge >= 0.3 is 0 Å². The lowest BCUT2D eigenvalue weighted by atomic mass is 10.0. The average Bonchev–Trinajstić information content (AvgIpc) is 2.52. The summed E-state index contributed by atoms with van der Waals surface area (Å²) < 4.78 is 12.9. The summed E-state index contributed by atoms with van der Waals surface area (Å²) >= 11 is 0. The van der Waals surface area contributed by atoms with Crippen LogP contribution in [0.5, 0.6) is 0 Å². The van der Waals surface area contributed by atoms with Crippen LogP contribution in [0.25, 0.3) is 11.1 Å². The minimum absolute atomic E-state index is 0.197. The maximum atomic E-state index is 12.9. The Hall–Kier alpha value is -2.15. The van der Waals surface area contributed by atoms with E-state index in [1.54, 1.807) is 0 Å². The quantitative estimate of drug-likeness (QED) is 0.434. The van der Waals surface area contributed by atoms with Gasteiger partial charge in [-0.25, -0.2) is 4.39 Å². The highest BCUT2D eigenvalue weighted by molar-refractivity contribution is 5.63. The van der Waals surface area contributed by atoms with E-state index in [-0.39, 0.29) is 5.82 Å². The molecule has 0 aliphatic rings. The topological polar surface area (TPSA) is 0 Å². The highest BCUT2D eigenvalue weighted by atomic mass is 19.1. The molecule has 0 aromatic heterocycles. The van der Waals surface area contributed by atoms with Gasteiger partial charge in [-0.05, 0) is 54.5 Å². The van der Waals surface area contributed by atoms with Crippen LogP contribution in [-0.4, -0.2) is 0 Å². The molecule has 0 aliphatic carbocycles. The molecule has 0 bridgehead atoms. The lowest BCUT2D eigenvalue weighted by Crippen LogP contribution is -1.83. The van der Waals surface area contributed by atoms with Crippen LogP contribution in [0.15, 0.2) is 73.3 Å². The summed E-state index contributed by atoms with van der Waals surface area (Å²) in [7, 11) is 0. The predicted octanol–water partition coefficient (Wildman–Crippen LogP) is 5.95. The normalized spacial score (nSPS) is 10.9. The Bertz CT molecular complexity index is 576. The average molecular weight is 280 g/mol. The molecule has 2 aromatic carbocycles. The fraction of sp³-hybridized carbons (Fsp3) is 0.200. The van der Waals surface area contributed by atoms with Crippen LogP contribution in [0.1, 0.15) is 24.8 Å². The first-order chi connectivity index (χ1) is 10.3. The van der Waals surface area contributed by atoms with Gasteiger partial charge in [0.2, 0.25) is 0 Å². The number of rotatable bonds is 7. The lowest BCUT2D eigenvalue weighted by Gasteiger charge is -2.03.